The number of hydrogen-bond acceptors (Lipinski definition) is 5. The topological polar surface area (TPSA) is 51.0 Å². The summed E-state index contributed by atoms with van der Waals surface area (Å²) in [5, 5.41) is 6.87. The van der Waals surface area contributed by atoms with Gasteiger partial charge >= 0.3 is 6.01 Å². The zero-order valence-corrected chi connectivity index (χ0v) is 11.7. The molecular formula is C11H12BrN3OS. The smallest absolute Gasteiger partial charge is 0.321 e. The summed E-state index contributed by atoms with van der Waals surface area (Å²) in [7, 11) is 0. The highest BCUT2D eigenvalue weighted by molar-refractivity contribution is 9.10. The van der Waals surface area contributed by atoms with Crippen molar-refractivity contribution in [1.82, 2.24) is 10.1 Å². The fraction of sp³-hybridized carbons (Fsp3) is 0.273. The van der Waals surface area contributed by atoms with E-state index >= 15 is 0 Å². The van der Waals surface area contributed by atoms with E-state index < -0.39 is 0 Å². The van der Waals surface area contributed by atoms with E-state index in [0.717, 1.165) is 11.0 Å². The number of nitrogens with one attached hydrogen (secondary N) is 1. The average Bonchev–Trinajstić information content (AvgIpc) is 2.76. The van der Waals surface area contributed by atoms with Crippen LogP contribution in [0.1, 0.15) is 12.7 Å². The van der Waals surface area contributed by atoms with Crippen LogP contribution >= 0.6 is 27.7 Å². The van der Waals surface area contributed by atoms with Crippen LogP contribution in [0, 0.1) is 0 Å². The summed E-state index contributed by atoms with van der Waals surface area (Å²) in [6.07, 6.45) is 0. The van der Waals surface area contributed by atoms with E-state index in [1.807, 2.05) is 25.1 Å². The molecule has 2 rings (SSSR count). The Balaban J connectivity index is 1.95. The number of nitrogens with zero attached hydrogens (tertiary/aromatic N) is 2. The highest BCUT2D eigenvalue weighted by Gasteiger charge is 2.06. The highest BCUT2D eigenvalue weighted by Crippen LogP contribution is 2.29. The molecule has 0 aliphatic heterocycles. The SMILES string of the molecule is CCNc1nc(CSc2ccccc2Br)no1. The van der Waals surface area contributed by atoms with Crippen molar-refractivity contribution in [3.63, 3.8) is 0 Å². The van der Waals surface area contributed by atoms with Crippen LogP contribution in [-0.4, -0.2) is 16.7 Å². The average molecular weight is 314 g/mol. The van der Waals surface area contributed by atoms with E-state index in [1.165, 1.54) is 4.90 Å². The molecule has 0 aliphatic carbocycles. The number of anilines is 1. The van der Waals surface area contributed by atoms with E-state index in [-0.39, 0.29) is 0 Å². The Morgan fingerprint density at radius 3 is 3.00 bits per heavy atom. The number of hydrogen-bond donors (Lipinski definition) is 1. The number of rotatable bonds is 5. The summed E-state index contributed by atoms with van der Waals surface area (Å²) in [5.41, 5.74) is 0. The molecule has 1 N–H and O–H groups in total. The Kier molecular flexibility index (Phi) is 4.44. The predicted octanol–water partition coefficient (Wildman–Crippen LogP) is 3.56. The lowest BCUT2D eigenvalue weighted by Crippen LogP contribution is -1.96. The minimum atomic E-state index is 0.482. The molecule has 17 heavy (non-hydrogen) atoms. The van der Waals surface area contributed by atoms with Gasteiger partial charge in [0.05, 0.1) is 5.75 Å². The van der Waals surface area contributed by atoms with Crippen LogP contribution < -0.4 is 5.32 Å². The lowest BCUT2D eigenvalue weighted by Gasteiger charge is -2.00. The van der Waals surface area contributed by atoms with Crippen molar-refractivity contribution in [2.45, 2.75) is 17.6 Å². The van der Waals surface area contributed by atoms with Gasteiger partial charge in [-0.25, -0.2) is 0 Å². The van der Waals surface area contributed by atoms with Crippen LogP contribution in [-0.2, 0) is 5.75 Å². The summed E-state index contributed by atoms with van der Waals surface area (Å²) in [6, 6.07) is 8.55. The van der Waals surface area contributed by atoms with E-state index in [2.05, 4.69) is 37.5 Å². The third-order valence-corrected chi connectivity index (χ3v) is 4.01. The van der Waals surface area contributed by atoms with Crippen LogP contribution in [0.2, 0.25) is 0 Å². The monoisotopic (exact) mass is 313 g/mol. The lowest BCUT2D eigenvalue weighted by molar-refractivity contribution is 0.425. The Labute approximate surface area is 112 Å². The third kappa shape index (κ3) is 3.47. The Morgan fingerprint density at radius 2 is 2.24 bits per heavy atom. The van der Waals surface area contributed by atoms with Crippen molar-refractivity contribution in [3.05, 3.63) is 34.6 Å². The minimum absolute atomic E-state index is 0.482. The van der Waals surface area contributed by atoms with Gasteiger partial charge < -0.3 is 9.84 Å². The molecule has 0 amide bonds. The molecular weight excluding hydrogens is 302 g/mol. The quantitative estimate of drug-likeness (QED) is 0.855. The van der Waals surface area contributed by atoms with Gasteiger partial charge in [-0.2, -0.15) is 4.98 Å². The van der Waals surface area contributed by atoms with Gasteiger partial charge in [0.15, 0.2) is 5.82 Å². The molecule has 1 aromatic heterocycles. The van der Waals surface area contributed by atoms with Crippen LogP contribution in [0.15, 0.2) is 38.2 Å². The summed E-state index contributed by atoms with van der Waals surface area (Å²) in [5.74, 6) is 1.39. The largest absolute Gasteiger partial charge is 0.338 e. The standard InChI is InChI=1S/C11H12BrN3OS/c1-2-13-11-14-10(15-16-11)7-17-9-6-4-3-5-8(9)12/h3-6H,2,7H2,1H3,(H,13,14,15). The van der Waals surface area contributed by atoms with E-state index in [0.29, 0.717) is 17.6 Å². The van der Waals surface area contributed by atoms with E-state index in [1.54, 1.807) is 11.8 Å². The molecule has 1 aromatic carbocycles. The molecule has 0 aliphatic rings. The third-order valence-electron chi connectivity index (χ3n) is 1.99. The van der Waals surface area contributed by atoms with Gasteiger partial charge in [-0.1, -0.05) is 17.3 Å². The summed E-state index contributed by atoms with van der Waals surface area (Å²) in [6.45, 7) is 2.76. The van der Waals surface area contributed by atoms with Gasteiger partial charge in [0.2, 0.25) is 0 Å². The molecule has 0 fully saturated rings. The number of benzene rings is 1. The van der Waals surface area contributed by atoms with E-state index in [9.17, 15) is 0 Å². The van der Waals surface area contributed by atoms with Crippen LogP contribution in [0.3, 0.4) is 0 Å². The van der Waals surface area contributed by atoms with Gasteiger partial charge in [0.1, 0.15) is 0 Å². The fourth-order valence-electron chi connectivity index (χ4n) is 1.24. The predicted molar refractivity (Wildman–Crippen MR) is 72.2 cm³/mol. The molecule has 0 saturated heterocycles. The van der Waals surface area contributed by atoms with Crippen molar-refractivity contribution >= 4 is 33.7 Å². The van der Waals surface area contributed by atoms with Crippen LogP contribution in [0.5, 0.6) is 0 Å². The second-order valence-corrected chi connectivity index (χ2v) is 5.14. The molecule has 0 spiro atoms. The lowest BCUT2D eigenvalue weighted by atomic mass is 10.4. The normalized spacial score (nSPS) is 10.5. The van der Waals surface area contributed by atoms with Gasteiger partial charge in [0.25, 0.3) is 0 Å². The number of aromatic nitrogens is 2. The molecule has 0 radical (unpaired) electrons. The minimum Gasteiger partial charge on any atom is -0.338 e. The molecule has 0 saturated carbocycles. The van der Waals surface area contributed by atoms with Crippen molar-refractivity contribution in [2.24, 2.45) is 0 Å². The fourth-order valence-corrected chi connectivity index (χ4v) is 2.65. The summed E-state index contributed by atoms with van der Waals surface area (Å²) >= 11 is 5.17. The first-order chi connectivity index (χ1) is 8.29. The van der Waals surface area contributed by atoms with Crippen molar-refractivity contribution in [3.8, 4) is 0 Å². The first-order valence-corrected chi connectivity index (χ1v) is 7.01. The molecule has 0 atom stereocenters. The second-order valence-electron chi connectivity index (χ2n) is 3.27. The molecule has 0 bridgehead atoms. The molecule has 90 valence electrons. The zero-order chi connectivity index (χ0) is 12.1. The van der Waals surface area contributed by atoms with Crippen molar-refractivity contribution in [1.29, 1.82) is 0 Å². The number of thioether (sulfide) groups is 1. The molecule has 4 nitrogen and oxygen atoms in total. The molecule has 2 aromatic rings. The first-order valence-electron chi connectivity index (χ1n) is 5.23. The summed E-state index contributed by atoms with van der Waals surface area (Å²) in [4.78, 5) is 5.39. The van der Waals surface area contributed by atoms with Gasteiger partial charge in [-0.05, 0) is 35.0 Å². The van der Waals surface area contributed by atoms with Crippen molar-refractivity contribution in [2.75, 3.05) is 11.9 Å². The maximum Gasteiger partial charge on any atom is 0.321 e. The van der Waals surface area contributed by atoms with Gasteiger partial charge in [-0.15, -0.1) is 11.8 Å². The van der Waals surface area contributed by atoms with Crippen molar-refractivity contribution < 1.29 is 4.52 Å². The summed E-state index contributed by atoms with van der Waals surface area (Å²) < 4.78 is 6.11. The highest BCUT2D eigenvalue weighted by atomic mass is 79.9. The maximum absolute atomic E-state index is 5.03. The Bertz CT molecular complexity index is 489. The van der Waals surface area contributed by atoms with Crippen LogP contribution in [0.25, 0.3) is 0 Å². The second kappa shape index (κ2) is 6.07. The number of halogens is 1. The van der Waals surface area contributed by atoms with Gasteiger partial charge in [-0.3, -0.25) is 0 Å². The van der Waals surface area contributed by atoms with E-state index in [4.69, 9.17) is 4.52 Å². The molecule has 6 heteroatoms. The first kappa shape index (κ1) is 12.4. The van der Waals surface area contributed by atoms with Crippen LogP contribution in [0.4, 0.5) is 6.01 Å². The Hall–Kier alpha value is -1.01. The zero-order valence-electron chi connectivity index (χ0n) is 9.31. The van der Waals surface area contributed by atoms with Gasteiger partial charge in [0, 0.05) is 15.9 Å². The Morgan fingerprint density at radius 1 is 1.41 bits per heavy atom. The molecule has 1 heterocycles. The molecule has 0 unspecified atom stereocenters. The maximum atomic E-state index is 5.03.